The van der Waals surface area contributed by atoms with Gasteiger partial charge in [0.15, 0.2) is 0 Å². The minimum Gasteiger partial charge on any atom is -0.207 e. The summed E-state index contributed by atoms with van der Waals surface area (Å²) in [7, 11) is 0. The Morgan fingerprint density at radius 2 is 0.450 bits per heavy atom. The largest absolute Gasteiger partial charge is 0.207 e. The lowest BCUT2D eigenvalue weighted by Crippen LogP contribution is -2.14. The van der Waals surface area contributed by atoms with E-state index in [1.807, 2.05) is 30.3 Å². The molecule has 1 aliphatic rings. The molecule has 200 valence electrons. The summed E-state index contributed by atoms with van der Waals surface area (Å²) < 4.78 is 73.7. The Hall–Kier alpha value is -4.25. The van der Waals surface area contributed by atoms with Crippen molar-refractivity contribution in [1.29, 1.82) is 0 Å². The minimum atomic E-state index is -0.485. The van der Waals surface area contributed by atoms with Gasteiger partial charge in [0.25, 0.3) is 0 Å². The number of benzene rings is 5. The molecule has 1 fully saturated rings. The van der Waals surface area contributed by atoms with Crippen LogP contribution >= 0.6 is 0 Å². The first-order valence-electron chi connectivity index (χ1n) is 13.2. The van der Waals surface area contributed by atoms with Gasteiger partial charge in [-0.1, -0.05) is 60.7 Å². The zero-order valence-corrected chi connectivity index (χ0v) is 21.3. The normalized spacial score (nSPS) is 22.4. The van der Waals surface area contributed by atoms with E-state index in [0.29, 0.717) is 27.8 Å². The summed E-state index contributed by atoms with van der Waals surface area (Å²) in [5, 5.41) is 0. The average Bonchev–Trinajstić information content (AvgIpc) is 3.29. The minimum absolute atomic E-state index is 0.440. The van der Waals surface area contributed by atoms with Gasteiger partial charge >= 0.3 is 0 Å². The van der Waals surface area contributed by atoms with Gasteiger partial charge < -0.3 is 0 Å². The molecule has 0 aliphatic heterocycles. The Kier molecular flexibility index (Phi) is 6.97. The summed E-state index contributed by atoms with van der Waals surface area (Å²) in [6, 6.07) is 31.1. The second-order valence-electron chi connectivity index (χ2n) is 10.4. The summed E-state index contributed by atoms with van der Waals surface area (Å²) in [5.41, 5.74) is 3.21. The van der Waals surface area contributed by atoms with Crippen molar-refractivity contribution in [2.45, 2.75) is 29.6 Å². The van der Waals surface area contributed by atoms with Crippen molar-refractivity contribution in [3.8, 4) is 0 Å². The smallest absolute Gasteiger partial charge is 0.123 e. The molecule has 0 unspecified atom stereocenters. The van der Waals surface area contributed by atoms with Crippen LogP contribution < -0.4 is 0 Å². The third-order valence-electron chi connectivity index (χ3n) is 8.10. The second kappa shape index (κ2) is 10.7. The van der Waals surface area contributed by atoms with Crippen molar-refractivity contribution in [2.24, 2.45) is 0 Å². The second-order valence-corrected chi connectivity index (χ2v) is 10.4. The zero-order chi connectivity index (χ0) is 27.8. The molecule has 0 aromatic heterocycles. The fourth-order valence-electron chi connectivity index (χ4n) is 6.76. The monoisotopic (exact) mass is 540 g/mol. The molecule has 6 rings (SSSR count). The summed E-state index contributed by atoms with van der Waals surface area (Å²) in [4.78, 5) is 0. The van der Waals surface area contributed by atoms with E-state index < -0.39 is 58.7 Å². The highest BCUT2D eigenvalue weighted by Crippen LogP contribution is 2.66. The highest BCUT2D eigenvalue weighted by Gasteiger charge is 2.53. The van der Waals surface area contributed by atoms with Crippen LogP contribution in [0.5, 0.6) is 0 Å². The third kappa shape index (κ3) is 4.92. The molecule has 1 aliphatic carbocycles. The van der Waals surface area contributed by atoms with Crippen LogP contribution in [0.3, 0.4) is 0 Å². The van der Waals surface area contributed by atoms with Gasteiger partial charge in [0.2, 0.25) is 0 Å². The molecule has 40 heavy (non-hydrogen) atoms. The molecule has 0 saturated heterocycles. The summed E-state index contributed by atoms with van der Waals surface area (Å²) >= 11 is 0. The Bertz CT molecular complexity index is 1360. The molecular formula is C35H25F5. The van der Waals surface area contributed by atoms with E-state index in [9.17, 15) is 22.0 Å². The highest BCUT2D eigenvalue weighted by molar-refractivity contribution is 5.48. The first-order chi connectivity index (χ1) is 19.4. The number of hydrogen-bond acceptors (Lipinski definition) is 0. The van der Waals surface area contributed by atoms with Crippen LogP contribution in [0.15, 0.2) is 121 Å². The van der Waals surface area contributed by atoms with Crippen LogP contribution in [-0.4, -0.2) is 0 Å². The van der Waals surface area contributed by atoms with Gasteiger partial charge in [-0.3, -0.25) is 0 Å². The molecule has 1 saturated carbocycles. The van der Waals surface area contributed by atoms with Crippen molar-refractivity contribution in [1.82, 2.24) is 0 Å². The third-order valence-corrected chi connectivity index (χ3v) is 8.10. The Morgan fingerprint density at radius 3 is 0.600 bits per heavy atom. The van der Waals surface area contributed by atoms with E-state index in [-0.39, 0.29) is 0 Å². The van der Waals surface area contributed by atoms with Crippen LogP contribution in [0.25, 0.3) is 0 Å². The van der Waals surface area contributed by atoms with E-state index in [1.165, 1.54) is 60.7 Å². The number of rotatable bonds is 5. The van der Waals surface area contributed by atoms with Crippen molar-refractivity contribution in [3.05, 3.63) is 178 Å². The van der Waals surface area contributed by atoms with Crippen molar-refractivity contribution in [3.63, 3.8) is 0 Å². The maximum Gasteiger partial charge on any atom is 0.123 e. The van der Waals surface area contributed by atoms with Crippen LogP contribution in [0.2, 0.25) is 0 Å². The SMILES string of the molecule is Fc1cccc(C2C(c3cccc(F)c3)C(c3cccc(F)c3)C(c3cccc(F)c3)C2c2cccc(F)c2)c1. The van der Waals surface area contributed by atoms with Gasteiger partial charge in [0.05, 0.1) is 0 Å². The van der Waals surface area contributed by atoms with Crippen LogP contribution in [0.1, 0.15) is 57.4 Å². The standard InChI is InChI=1S/C35H25F5/c36-26-11-1-6-21(16-26)31-32(22-7-2-12-27(37)17-22)34(24-9-4-14-29(39)19-24)35(25-10-5-15-30(40)20-25)33(31)23-8-3-13-28(38)18-23/h1-20,31-35H. The Labute approximate surface area is 229 Å². The zero-order valence-electron chi connectivity index (χ0n) is 21.3. The van der Waals surface area contributed by atoms with Crippen molar-refractivity contribution < 1.29 is 22.0 Å². The molecule has 5 aromatic rings. The van der Waals surface area contributed by atoms with E-state index in [1.54, 1.807) is 30.3 Å². The highest BCUT2D eigenvalue weighted by atomic mass is 19.1. The van der Waals surface area contributed by atoms with Crippen LogP contribution in [0.4, 0.5) is 22.0 Å². The molecule has 0 heterocycles. The van der Waals surface area contributed by atoms with Gasteiger partial charge in [-0.15, -0.1) is 0 Å². The van der Waals surface area contributed by atoms with Crippen LogP contribution in [0, 0.1) is 29.1 Å². The Morgan fingerprint density at radius 1 is 0.275 bits per heavy atom. The molecular weight excluding hydrogens is 515 g/mol. The summed E-state index contributed by atoms with van der Waals surface area (Å²) in [6.45, 7) is 0. The molecule has 0 bridgehead atoms. The van der Waals surface area contributed by atoms with E-state index >= 15 is 0 Å². The predicted octanol–water partition coefficient (Wildman–Crippen LogP) is 9.61. The fraction of sp³-hybridized carbons (Fsp3) is 0.143. The molecule has 0 atom stereocenters. The maximum absolute atomic E-state index is 14.7. The number of halogens is 5. The fourth-order valence-corrected chi connectivity index (χ4v) is 6.76. The van der Waals surface area contributed by atoms with Gasteiger partial charge in [0, 0.05) is 0 Å². The molecule has 0 N–H and O–H groups in total. The summed E-state index contributed by atoms with van der Waals surface area (Å²) in [6.07, 6.45) is 0. The molecule has 0 nitrogen and oxygen atoms in total. The molecule has 5 aromatic carbocycles. The lowest BCUT2D eigenvalue weighted by Gasteiger charge is -2.28. The first kappa shape index (κ1) is 26.0. The predicted molar refractivity (Wildman–Crippen MR) is 146 cm³/mol. The van der Waals surface area contributed by atoms with Gasteiger partial charge in [-0.2, -0.15) is 0 Å². The number of hydrogen-bond donors (Lipinski definition) is 0. The quantitative estimate of drug-likeness (QED) is 0.195. The molecule has 0 spiro atoms. The lowest BCUT2D eigenvalue weighted by molar-refractivity contribution is 0.537. The lowest BCUT2D eigenvalue weighted by atomic mass is 9.75. The van der Waals surface area contributed by atoms with Gasteiger partial charge in [0.1, 0.15) is 29.1 Å². The van der Waals surface area contributed by atoms with E-state index in [0.717, 1.165) is 0 Å². The van der Waals surface area contributed by atoms with Crippen molar-refractivity contribution in [2.75, 3.05) is 0 Å². The average molecular weight is 541 g/mol. The topological polar surface area (TPSA) is 0 Å². The van der Waals surface area contributed by atoms with E-state index in [2.05, 4.69) is 0 Å². The van der Waals surface area contributed by atoms with Crippen molar-refractivity contribution >= 4 is 0 Å². The van der Waals surface area contributed by atoms with Crippen LogP contribution in [-0.2, 0) is 0 Å². The Balaban J connectivity index is 1.71. The summed E-state index contributed by atoms with van der Waals surface area (Å²) in [5.74, 6) is -4.63. The molecule has 5 heteroatoms. The van der Waals surface area contributed by atoms with E-state index in [4.69, 9.17) is 0 Å². The maximum atomic E-state index is 14.7. The van der Waals surface area contributed by atoms with Gasteiger partial charge in [-0.05, 0) is 118 Å². The van der Waals surface area contributed by atoms with Gasteiger partial charge in [-0.25, -0.2) is 22.0 Å². The molecule has 0 radical (unpaired) electrons. The molecule has 0 amide bonds. The first-order valence-corrected chi connectivity index (χ1v) is 13.2.